The van der Waals surface area contributed by atoms with E-state index in [-0.39, 0.29) is 6.10 Å². The van der Waals surface area contributed by atoms with E-state index in [1.165, 1.54) is 12.5 Å². The third-order valence-electron chi connectivity index (χ3n) is 3.82. The molecule has 0 heterocycles. The van der Waals surface area contributed by atoms with E-state index in [9.17, 15) is 9.59 Å². The summed E-state index contributed by atoms with van der Waals surface area (Å²) in [4.78, 5) is 23.7. The lowest BCUT2D eigenvalue weighted by molar-refractivity contribution is -0.111. The van der Waals surface area contributed by atoms with Crippen LogP contribution in [0.4, 0.5) is 0 Å². The highest BCUT2D eigenvalue weighted by Crippen LogP contribution is 2.32. The van der Waals surface area contributed by atoms with Crippen molar-refractivity contribution < 1.29 is 14.3 Å². The maximum Gasteiger partial charge on any atom is 0.233 e. The smallest absolute Gasteiger partial charge is 0.233 e. The van der Waals surface area contributed by atoms with Gasteiger partial charge >= 0.3 is 0 Å². The van der Waals surface area contributed by atoms with Crippen LogP contribution in [0.5, 0.6) is 0 Å². The fourth-order valence-electron chi connectivity index (χ4n) is 2.77. The Balaban J connectivity index is 1.92. The summed E-state index contributed by atoms with van der Waals surface area (Å²) >= 11 is 3.33. The highest BCUT2D eigenvalue weighted by atomic mass is 79.9. The molecule has 2 aliphatic rings. The van der Waals surface area contributed by atoms with Crippen molar-refractivity contribution in [1.29, 1.82) is 0 Å². The van der Waals surface area contributed by atoms with E-state index >= 15 is 0 Å². The van der Waals surface area contributed by atoms with Gasteiger partial charge in [0.15, 0.2) is 0 Å². The third-order valence-corrected chi connectivity index (χ3v) is 4.32. The summed E-state index contributed by atoms with van der Waals surface area (Å²) in [6.07, 6.45) is 7.12. The van der Waals surface area contributed by atoms with Gasteiger partial charge in [-0.3, -0.25) is 9.59 Å². The number of ether oxygens (including phenoxy) is 1. The van der Waals surface area contributed by atoms with Gasteiger partial charge in [-0.05, 0) is 43.9 Å². The van der Waals surface area contributed by atoms with Crippen LogP contribution in [0.3, 0.4) is 0 Å². The molecule has 1 fully saturated rings. The molecule has 0 unspecified atom stereocenters. The van der Waals surface area contributed by atoms with Crippen molar-refractivity contribution >= 4 is 33.3 Å². The van der Waals surface area contributed by atoms with Crippen LogP contribution in [0, 0.1) is 0 Å². The van der Waals surface area contributed by atoms with E-state index in [1.54, 1.807) is 6.07 Å². The quantitative estimate of drug-likeness (QED) is 0.770. The van der Waals surface area contributed by atoms with Crippen LogP contribution in [0.15, 0.2) is 28.7 Å². The number of benzene rings is 1. The number of ketones is 2. The van der Waals surface area contributed by atoms with Gasteiger partial charge in [0.1, 0.15) is 5.76 Å². The van der Waals surface area contributed by atoms with Crippen LogP contribution in [0.1, 0.15) is 48.0 Å². The van der Waals surface area contributed by atoms with Crippen molar-refractivity contribution in [2.75, 3.05) is 0 Å². The van der Waals surface area contributed by atoms with E-state index in [4.69, 9.17) is 4.74 Å². The molecule has 0 aliphatic heterocycles. The minimum atomic E-state index is -0.499. The first kappa shape index (κ1) is 13.6. The Morgan fingerprint density at radius 1 is 1.05 bits per heavy atom. The van der Waals surface area contributed by atoms with Gasteiger partial charge in [0.25, 0.3) is 0 Å². The topological polar surface area (TPSA) is 43.4 Å². The Bertz CT molecular complexity index is 598. The number of allylic oxidation sites excluding steroid dienone is 1. The van der Waals surface area contributed by atoms with Crippen LogP contribution in [-0.2, 0) is 9.53 Å². The lowest BCUT2D eigenvalue weighted by Crippen LogP contribution is -2.23. The molecule has 0 saturated heterocycles. The van der Waals surface area contributed by atoms with E-state index < -0.39 is 11.6 Å². The fourth-order valence-corrected chi connectivity index (χ4v) is 3.14. The van der Waals surface area contributed by atoms with Crippen molar-refractivity contribution in [2.45, 2.75) is 38.2 Å². The highest BCUT2D eigenvalue weighted by molar-refractivity contribution is 9.10. The van der Waals surface area contributed by atoms with Crippen LogP contribution in [-0.4, -0.2) is 17.7 Å². The molecule has 1 aromatic rings. The third kappa shape index (κ3) is 2.57. The van der Waals surface area contributed by atoms with Gasteiger partial charge in [-0.15, -0.1) is 0 Å². The molecule has 4 heteroatoms. The molecule has 0 N–H and O–H groups in total. The number of halogens is 1. The fraction of sp³-hybridized carbons (Fsp3) is 0.375. The van der Waals surface area contributed by atoms with Gasteiger partial charge in [-0.25, -0.2) is 0 Å². The van der Waals surface area contributed by atoms with Gasteiger partial charge in [0.05, 0.1) is 6.10 Å². The minimum absolute atomic E-state index is 0.160. The number of Topliss-reactive ketones (excluding diaryl/α,β-unsaturated/α-hetero) is 1. The first-order valence-electron chi connectivity index (χ1n) is 6.92. The summed E-state index contributed by atoms with van der Waals surface area (Å²) in [5.74, 6) is -0.414. The predicted molar refractivity (Wildman–Crippen MR) is 79.4 cm³/mol. The van der Waals surface area contributed by atoms with Gasteiger partial charge < -0.3 is 4.74 Å². The molecule has 104 valence electrons. The Morgan fingerprint density at radius 3 is 2.55 bits per heavy atom. The van der Waals surface area contributed by atoms with E-state index in [1.807, 2.05) is 12.1 Å². The first-order chi connectivity index (χ1) is 9.65. The van der Waals surface area contributed by atoms with Crippen LogP contribution < -0.4 is 0 Å². The number of carbonyl (C=O) groups is 2. The van der Waals surface area contributed by atoms with E-state index in [0.717, 1.165) is 35.7 Å². The highest BCUT2D eigenvalue weighted by Gasteiger charge is 2.28. The molecule has 20 heavy (non-hydrogen) atoms. The van der Waals surface area contributed by atoms with Crippen molar-refractivity contribution in [2.24, 2.45) is 0 Å². The van der Waals surface area contributed by atoms with Crippen molar-refractivity contribution in [3.63, 3.8) is 0 Å². The van der Waals surface area contributed by atoms with Crippen LogP contribution in [0.2, 0.25) is 0 Å². The molecule has 0 atom stereocenters. The Morgan fingerprint density at radius 2 is 1.80 bits per heavy atom. The normalized spacial score (nSPS) is 19.6. The second kappa shape index (κ2) is 5.52. The number of rotatable bonds is 2. The molecule has 0 aromatic heterocycles. The Hall–Kier alpha value is -1.42. The van der Waals surface area contributed by atoms with Gasteiger partial charge in [-0.1, -0.05) is 22.4 Å². The maximum atomic E-state index is 11.9. The standard InChI is InChI=1S/C16H15BrO3/c17-10-6-7-12-13(8-10)16(19)14(18)9-15(12)20-11-4-2-1-3-5-11/h6-9,11H,1-5H2. The van der Waals surface area contributed by atoms with Crippen molar-refractivity contribution in [3.05, 3.63) is 39.9 Å². The second-order valence-corrected chi connectivity index (χ2v) is 6.19. The molecule has 0 spiro atoms. The summed E-state index contributed by atoms with van der Waals surface area (Å²) in [7, 11) is 0. The number of fused-ring (bicyclic) bond motifs is 1. The summed E-state index contributed by atoms with van der Waals surface area (Å²) in [5.41, 5.74) is 1.15. The molecule has 2 aliphatic carbocycles. The molecule has 3 nitrogen and oxygen atoms in total. The summed E-state index contributed by atoms with van der Waals surface area (Å²) < 4.78 is 6.78. The SMILES string of the molecule is O=C1C=C(OC2CCCCC2)c2ccc(Br)cc2C1=O. The molecule has 1 saturated carbocycles. The van der Waals surface area contributed by atoms with Gasteiger partial charge in [-0.2, -0.15) is 0 Å². The average Bonchev–Trinajstić information content (AvgIpc) is 2.45. The van der Waals surface area contributed by atoms with Crippen molar-refractivity contribution in [3.8, 4) is 0 Å². The lowest BCUT2D eigenvalue weighted by atomic mass is 9.93. The lowest BCUT2D eigenvalue weighted by Gasteiger charge is -2.26. The van der Waals surface area contributed by atoms with Crippen molar-refractivity contribution in [1.82, 2.24) is 0 Å². The predicted octanol–water partition coefficient (Wildman–Crippen LogP) is 3.90. The molecule has 0 bridgehead atoms. The zero-order valence-corrected chi connectivity index (χ0v) is 12.6. The Kier molecular flexibility index (Phi) is 3.74. The zero-order valence-electron chi connectivity index (χ0n) is 11.0. The van der Waals surface area contributed by atoms with Crippen LogP contribution in [0.25, 0.3) is 5.76 Å². The number of hydrogen-bond acceptors (Lipinski definition) is 3. The maximum absolute atomic E-state index is 11.9. The van der Waals surface area contributed by atoms with Gasteiger partial charge in [0, 0.05) is 21.7 Å². The molecule has 1 aromatic carbocycles. The summed E-state index contributed by atoms with van der Waals surface area (Å²) in [5, 5.41) is 0. The monoisotopic (exact) mass is 334 g/mol. The summed E-state index contributed by atoms with van der Waals surface area (Å²) in [6, 6.07) is 5.38. The van der Waals surface area contributed by atoms with Gasteiger partial charge in [0.2, 0.25) is 11.6 Å². The Labute approximate surface area is 126 Å². The molecular formula is C16H15BrO3. The molecule has 0 amide bonds. The number of hydrogen-bond donors (Lipinski definition) is 0. The van der Waals surface area contributed by atoms with E-state index in [0.29, 0.717) is 11.3 Å². The summed E-state index contributed by atoms with van der Waals surface area (Å²) in [6.45, 7) is 0. The molecule has 0 radical (unpaired) electrons. The molecular weight excluding hydrogens is 320 g/mol. The first-order valence-corrected chi connectivity index (χ1v) is 7.71. The average molecular weight is 335 g/mol. The van der Waals surface area contributed by atoms with Crippen LogP contribution >= 0.6 is 15.9 Å². The largest absolute Gasteiger partial charge is 0.490 e. The second-order valence-electron chi connectivity index (χ2n) is 5.27. The number of carbonyl (C=O) groups excluding carboxylic acids is 2. The van der Waals surface area contributed by atoms with E-state index in [2.05, 4.69) is 15.9 Å². The molecule has 3 rings (SSSR count). The minimum Gasteiger partial charge on any atom is -0.490 e. The zero-order chi connectivity index (χ0) is 14.1.